The Morgan fingerprint density at radius 2 is 1.88 bits per heavy atom. The van der Waals surface area contributed by atoms with Gasteiger partial charge >= 0.3 is 0 Å². The van der Waals surface area contributed by atoms with Gasteiger partial charge in [-0.05, 0) is 26.0 Å². The second-order valence-electron chi connectivity index (χ2n) is 4.22. The number of nitrogens with zero attached hydrogens (tertiary/aromatic N) is 2. The summed E-state index contributed by atoms with van der Waals surface area (Å²) in [7, 11) is 1.66. The minimum atomic E-state index is 0.284. The number of hydrogen-bond acceptors (Lipinski definition) is 3. The number of benzene rings is 1. The summed E-state index contributed by atoms with van der Waals surface area (Å²) < 4.78 is 7.29. The number of aromatic nitrogens is 2. The third-order valence-corrected chi connectivity index (χ3v) is 2.66. The lowest BCUT2D eigenvalue weighted by molar-refractivity contribution is 0.415. The molecule has 0 saturated carbocycles. The monoisotopic (exact) mass is 231 g/mol. The van der Waals surface area contributed by atoms with E-state index in [0.29, 0.717) is 0 Å². The van der Waals surface area contributed by atoms with Gasteiger partial charge in [0.15, 0.2) is 5.75 Å². The Morgan fingerprint density at radius 3 is 2.41 bits per heavy atom. The largest absolute Gasteiger partial charge is 0.493 e. The van der Waals surface area contributed by atoms with E-state index in [0.717, 1.165) is 22.7 Å². The van der Waals surface area contributed by atoms with Crippen molar-refractivity contribution in [1.29, 1.82) is 0 Å². The molecular formula is C13H17N3O. The normalized spacial score (nSPS) is 10.8. The molecule has 0 bridgehead atoms. The van der Waals surface area contributed by atoms with E-state index in [4.69, 9.17) is 10.5 Å². The Bertz CT molecular complexity index is 500. The lowest BCUT2D eigenvalue weighted by Gasteiger charge is -2.12. The number of nitrogens with two attached hydrogens (primary N) is 1. The van der Waals surface area contributed by atoms with E-state index in [1.807, 2.05) is 28.9 Å². The van der Waals surface area contributed by atoms with Gasteiger partial charge in [-0.15, -0.1) is 0 Å². The summed E-state index contributed by atoms with van der Waals surface area (Å²) in [5, 5.41) is 4.35. The third-order valence-electron chi connectivity index (χ3n) is 2.66. The van der Waals surface area contributed by atoms with Crippen molar-refractivity contribution in [2.24, 2.45) is 0 Å². The molecule has 90 valence electrons. The topological polar surface area (TPSA) is 53.1 Å². The van der Waals surface area contributed by atoms with Gasteiger partial charge in [-0.25, -0.2) is 0 Å². The lowest BCUT2D eigenvalue weighted by atomic mass is 10.1. The zero-order valence-corrected chi connectivity index (χ0v) is 10.3. The predicted molar refractivity (Wildman–Crippen MR) is 69.0 cm³/mol. The molecule has 2 N–H and O–H groups in total. The Labute approximate surface area is 101 Å². The van der Waals surface area contributed by atoms with Gasteiger partial charge in [-0.1, -0.05) is 12.1 Å². The zero-order chi connectivity index (χ0) is 12.4. The van der Waals surface area contributed by atoms with Crippen LogP contribution in [0.15, 0.2) is 30.5 Å². The molecule has 0 aliphatic carbocycles. The van der Waals surface area contributed by atoms with Gasteiger partial charge in [0, 0.05) is 17.3 Å². The van der Waals surface area contributed by atoms with Crippen molar-refractivity contribution in [3.63, 3.8) is 0 Å². The second kappa shape index (κ2) is 4.49. The smallest absolute Gasteiger partial charge is 0.164 e. The molecule has 0 saturated heterocycles. The molecule has 1 aromatic heterocycles. The second-order valence-corrected chi connectivity index (χ2v) is 4.22. The van der Waals surface area contributed by atoms with Crippen molar-refractivity contribution in [2.75, 3.05) is 12.8 Å². The Balaban J connectivity index is 2.55. The van der Waals surface area contributed by atoms with Crippen LogP contribution in [0.25, 0.3) is 11.3 Å². The molecule has 1 heterocycles. The van der Waals surface area contributed by atoms with Gasteiger partial charge in [0.1, 0.15) is 5.69 Å². The van der Waals surface area contributed by atoms with Crippen molar-refractivity contribution in [3.05, 3.63) is 30.5 Å². The summed E-state index contributed by atoms with van der Waals surface area (Å²) in [6, 6.07) is 8.01. The zero-order valence-electron chi connectivity index (χ0n) is 10.3. The van der Waals surface area contributed by atoms with Crippen LogP contribution in [0.4, 0.5) is 5.69 Å². The van der Waals surface area contributed by atoms with Gasteiger partial charge < -0.3 is 10.5 Å². The number of anilines is 1. The molecule has 0 radical (unpaired) electrons. The van der Waals surface area contributed by atoms with Crippen LogP contribution in [-0.4, -0.2) is 16.9 Å². The Kier molecular flexibility index (Phi) is 3.04. The fraction of sp³-hybridized carbons (Fsp3) is 0.308. The maximum atomic E-state index is 5.69. The molecule has 0 unspecified atom stereocenters. The molecule has 0 amide bonds. The average Bonchev–Trinajstić information content (AvgIpc) is 2.73. The number of hydrogen-bond donors (Lipinski definition) is 1. The molecule has 0 aliphatic rings. The van der Waals surface area contributed by atoms with E-state index < -0.39 is 0 Å². The van der Waals surface area contributed by atoms with Gasteiger partial charge in [0.25, 0.3) is 0 Å². The van der Waals surface area contributed by atoms with E-state index in [1.165, 1.54) is 0 Å². The summed E-state index contributed by atoms with van der Waals surface area (Å²) >= 11 is 0. The van der Waals surface area contributed by atoms with E-state index in [2.05, 4.69) is 18.9 Å². The first-order valence-corrected chi connectivity index (χ1v) is 5.61. The molecule has 2 rings (SSSR count). The van der Waals surface area contributed by atoms with Gasteiger partial charge in [0.2, 0.25) is 0 Å². The molecule has 17 heavy (non-hydrogen) atoms. The van der Waals surface area contributed by atoms with Crippen LogP contribution in [0.5, 0.6) is 5.75 Å². The highest BCUT2D eigenvalue weighted by atomic mass is 16.5. The van der Waals surface area contributed by atoms with Crippen LogP contribution in [0.2, 0.25) is 0 Å². The third kappa shape index (κ3) is 2.11. The number of methoxy groups -OCH3 is 1. The van der Waals surface area contributed by atoms with E-state index in [1.54, 1.807) is 13.3 Å². The molecule has 0 fully saturated rings. The molecule has 0 atom stereocenters. The summed E-state index contributed by atoms with van der Waals surface area (Å²) in [4.78, 5) is 0. The van der Waals surface area contributed by atoms with Crippen LogP contribution < -0.4 is 10.5 Å². The summed E-state index contributed by atoms with van der Waals surface area (Å²) in [5.41, 5.74) is 8.49. The average molecular weight is 231 g/mol. The molecule has 1 aromatic carbocycles. The Morgan fingerprint density at radius 1 is 1.24 bits per heavy atom. The van der Waals surface area contributed by atoms with Gasteiger partial charge in [0.05, 0.1) is 13.3 Å². The highest BCUT2D eigenvalue weighted by molar-refractivity contribution is 5.68. The predicted octanol–water partition coefficient (Wildman–Crippen LogP) is 2.72. The first-order chi connectivity index (χ1) is 8.13. The van der Waals surface area contributed by atoms with Crippen molar-refractivity contribution < 1.29 is 4.74 Å². The van der Waals surface area contributed by atoms with Gasteiger partial charge in [-0.2, -0.15) is 5.10 Å². The van der Waals surface area contributed by atoms with Gasteiger partial charge in [-0.3, -0.25) is 4.68 Å². The first-order valence-electron chi connectivity index (χ1n) is 5.61. The molecule has 2 aromatic rings. The molecular weight excluding hydrogens is 214 g/mol. The van der Waals surface area contributed by atoms with Crippen LogP contribution >= 0.6 is 0 Å². The summed E-state index contributed by atoms with van der Waals surface area (Å²) in [6.45, 7) is 4.18. The highest BCUT2D eigenvalue weighted by Crippen LogP contribution is 2.32. The van der Waals surface area contributed by atoms with E-state index in [-0.39, 0.29) is 6.04 Å². The molecule has 0 spiro atoms. The van der Waals surface area contributed by atoms with Crippen molar-refractivity contribution in [2.45, 2.75) is 19.9 Å². The summed E-state index contributed by atoms with van der Waals surface area (Å²) in [6.07, 6.45) is 1.74. The summed E-state index contributed by atoms with van der Waals surface area (Å²) in [5.74, 6) is 0.781. The maximum Gasteiger partial charge on any atom is 0.164 e. The highest BCUT2D eigenvalue weighted by Gasteiger charge is 2.15. The van der Waals surface area contributed by atoms with E-state index in [9.17, 15) is 0 Å². The van der Waals surface area contributed by atoms with Crippen LogP contribution in [-0.2, 0) is 0 Å². The molecule has 0 aliphatic heterocycles. The van der Waals surface area contributed by atoms with Crippen LogP contribution in [0.1, 0.15) is 19.9 Å². The minimum absolute atomic E-state index is 0.284. The van der Waals surface area contributed by atoms with Crippen molar-refractivity contribution in [1.82, 2.24) is 9.78 Å². The van der Waals surface area contributed by atoms with Crippen molar-refractivity contribution in [3.8, 4) is 17.0 Å². The fourth-order valence-electron chi connectivity index (χ4n) is 1.80. The maximum absolute atomic E-state index is 5.69. The number of rotatable bonds is 3. The number of ether oxygens (including phenoxy) is 1. The first kappa shape index (κ1) is 11.5. The lowest BCUT2D eigenvalue weighted by Crippen LogP contribution is -2.05. The quantitative estimate of drug-likeness (QED) is 0.826. The van der Waals surface area contributed by atoms with E-state index >= 15 is 0 Å². The number of nitrogen functional groups attached to an aromatic ring is 1. The van der Waals surface area contributed by atoms with Crippen LogP contribution in [0, 0.1) is 0 Å². The van der Waals surface area contributed by atoms with Crippen LogP contribution in [0.3, 0.4) is 0 Å². The minimum Gasteiger partial charge on any atom is -0.493 e. The van der Waals surface area contributed by atoms with Crippen molar-refractivity contribution >= 4 is 5.69 Å². The SMILES string of the molecule is COc1cnn(C(C)C)c1-c1ccc(N)cc1. The molecule has 4 heteroatoms. The standard InChI is InChI=1S/C13H17N3O/c1-9(2)16-13(12(17-3)8-15-16)10-4-6-11(14)7-5-10/h4-9H,14H2,1-3H3. The fourth-order valence-corrected chi connectivity index (χ4v) is 1.80. The molecule has 4 nitrogen and oxygen atoms in total. The Hall–Kier alpha value is -1.97.